The van der Waals surface area contributed by atoms with Gasteiger partial charge in [0.2, 0.25) is 0 Å². The van der Waals surface area contributed by atoms with Crippen LogP contribution in [-0.4, -0.2) is 12.9 Å². The molecule has 0 N–H and O–H groups in total. The number of methoxy groups -OCH3 is 1. The van der Waals surface area contributed by atoms with E-state index in [1.807, 2.05) is 0 Å². The number of benzene rings is 2. The molecule has 5 nitrogen and oxygen atoms in total. The first-order valence-corrected chi connectivity index (χ1v) is 6.74. The molecule has 0 bridgehead atoms. The second kappa shape index (κ2) is 5.61. The average molecular weight is 316 g/mol. The molecule has 0 aliphatic heterocycles. The fourth-order valence-electron chi connectivity index (χ4n) is 2.21. The van der Waals surface area contributed by atoms with Crippen LogP contribution in [0.4, 0.5) is 5.69 Å². The minimum atomic E-state index is -0.236. The second-order valence-electron chi connectivity index (χ2n) is 4.60. The van der Waals surface area contributed by atoms with Gasteiger partial charge in [0.05, 0.1) is 17.7 Å². The highest BCUT2D eigenvalue weighted by Gasteiger charge is 2.18. The lowest BCUT2D eigenvalue weighted by Gasteiger charge is -2.02. The Balaban J connectivity index is 2.10. The first kappa shape index (κ1) is 14.3. The third kappa shape index (κ3) is 2.35. The van der Waals surface area contributed by atoms with Crippen LogP contribution in [0.1, 0.15) is 15.9 Å². The first-order valence-electron chi connectivity index (χ1n) is 6.37. The van der Waals surface area contributed by atoms with Gasteiger partial charge in [0.1, 0.15) is 17.7 Å². The molecule has 0 atom stereocenters. The Morgan fingerprint density at radius 1 is 1.23 bits per heavy atom. The number of ether oxygens (including phenoxy) is 1. The molecule has 0 aliphatic rings. The lowest BCUT2D eigenvalue weighted by molar-refractivity contribution is 0.103. The van der Waals surface area contributed by atoms with E-state index in [0.717, 1.165) is 0 Å². The summed E-state index contributed by atoms with van der Waals surface area (Å²) in [5.41, 5.74) is 1.30. The largest absolute Gasteiger partial charge is 0.497 e. The number of nitroso groups, excluding NO2 is 1. The van der Waals surface area contributed by atoms with Gasteiger partial charge in [0.25, 0.3) is 0 Å². The predicted molar refractivity (Wildman–Crippen MR) is 83.1 cm³/mol. The average Bonchev–Trinajstić information content (AvgIpc) is 2.98. The summed E-state index contributed by atoms with van der Waals surface area (Å²) in [5, 5.41) is 3.55. The summed E-state index contributed by atoms with van der Waals surface area (Å²) in [6.45, 7) is 0. The molecule has 6 heteroatoms. The van der Waals surface area contributed by atoms with E-state index in [1.54, 1.807) is 31.4 Å². The van der Waals surface area contributed by atoms with Crippen molar-refractivity contribution in [3.63, 3.8) is 0 Å². The van der Waals surface area contributed by atoms with Gasteiger partial charge in [0.15, 0.2) is 11.4 Å². The third-order valence-corrected chi connectivity index (χ3v) is 3.60. The summed E-state index contributed by atoms with van der Waals surface area (Å²) in [6, 6.07) is 9.57. The van der Waals surface area contributed by atoms with Gasteiger partial charge in [0, 0.05) is 10.9 Å². The maximum atomic E-state index is 12.6. The number of ketones is 1. The maximum absolute atomic E-state index is 12.6. The molecule has 1 aromatic heterocycles. The smallest absolute Gasteiger partial charge is 0.196 e. The first-order chi connectivity index (χ1) is 10.6. The van der Waals surface area contributed by atoms with Gasteiger partial charge in [-0.3, -0.25) is 4.79 Å². The number of rotatable bonds is 4. The van der Waals surface area contributed by atoms with Crippen LogP contribution >= 0.6 is 11.6 Å². The van der Waals surface area contributed by atoms with E-state index in [0.29, 0.717) is 27.8 Å². The van der Waals surface area contributed by atoms with Gasteiger partial charge in [-0.2, -0.15) is 0 Å². The zero-order valence-electron chi connectivity index (χ0n) is 11.5. The number of hydrogen-bond acceptors (Lipinski definition) is 5. The highest BCUT2D eigenvalue weighted by Crippen LogP contribution is 2.33. The molecule has 0 saturated carbocycles. The molecule has 0 amide bonds. The predicted octanol–water partition coefficient (Wildman–Crippen LogP) is 4.72. The molecule has 2 aromatic carbocycles. The molecule has 22 heavy (non-hydrogen) atoms. The molecular formula is C16H10ClNO4. The Bertz CT molecular complexity index is 868. The van der Waals surface area contributed by atoms with Crippen LogP contribution in [0, 0.1) is 4.91 Å². The molecule has 3 aromatic rings. The Morgan fingerprint density at radius 3 is 2.59 bits per heavy atom. The van der Waals surface area contributed by atoms with Crippen LogP contribution in [0.25, 0.3) is 11.0 Å². The van der Waals surface area contributed by atoms with Crippen molar-refractivity contribution < 1.29 is 13.9 Å². The van der Waals surface area contributed by atoms with Gasteiger partial charge in [-0.1, -0.05) is 11.6 Å². The highest BCUT2D eigenvalue weighted by atomic mass is 35.5. The van der Waals surface area contributed by atoms with Gasteiger partial charge >= 0.3 is 0 Å². The fraction of sp³-hybridized carbons (Fsp3) is 0.0625. The van der Waals surface area contributed by atoms with Gasteiger partial charge in [-0.15, -0.1) is 4.91 Å². The quantitative estimate of drug-likeness (QED) is 0.516. The van der Waals surface area contributed by atoms with E-state index in [2.05, 4.69) is 5.18 Å². The molecular weight excluding hydrogens is 306 g/mol. The topological polar surface area (TPSA) is 68.9 Å². The lowest BCUT2D eigenvalue weighted by Crippen LogP contribution is -2.00. The summed E-state index contributed by atoms with van der Waals surface area (Å²) in [6.07, 6.45) is 1.33. The molecule has 0 saturated heterocycles. The molecule has 0 unspecified atom stereocenters. The number of halogens is 1. The number of carbonyl (C=O) groups is 1. The number of carbonyl (C=O) groups excluding carboxylic acids is 1. The van der Waals surface area contributed by atoms with Crippen molar-refractivity contribution in [2.24, 2.45) is 5.18 Å². The molecule has 0 aliphatic carbocycles. The standard InChI is InChI=1S/C16H10ClNO4/c1-21-11-4-2-9(3-5-11)15(19)13-8-22-16-12(13)6-10(18-20)7-14(16)17/h2-8H,1H3. The van der Waals surface area contributed by atoms with Crippen molar-refractivity contribution in [2.75, 3.05) is 7.11 Å². The molecule has 0 fully saturated rings. The van der Waals surface area contributed by atoms with Crippen LogP contribution in [0.15, 0.2) is 52.3 Å². The fourth-order valence-corrected chi connectivity index (χ4v) is 2.46. The van der Waals surface area contributed by atoms with E-state index in [-0.39, 0.29) is 16.5 Å². The third-order valence-electron chi connectivity index (χ3n) is 3.32. The zero-order valence-corrected chi connectivity index (χ0v) is 12.3. The van der Waals surface area contributed by atoms with E-state index in [4.69, 9.17) is 20.8 Å². The van der Waals surface area contributed by atoms with Crippen molar-refractivity contribution in [1.29, 1.82) is 0 Å². The monoisotopic (exact) mass is 315 g/mol. The molecule has 0 spiro atoms. The number of hydrogen-bond donors (Lipinski definition) is 0. The minimum absolute atomic E-state index is 0.141. The Hall–Kier alpha value is -2.66. The Morgan fingerprint density at radius 2 is 1.95 bits per heavy atom. The summed E-state index contributed by atoms with van der Waals surface area (Å²) in [7, 11) is 1.55. The van der Waals surface area contributed by atoms with Crippen molar-refractivity contribution >= 4 is 34.0 Å². The van der Waals surface area contributed by atoms with Crippen LogP contribution in [0.3, 0.4) is 0 Å². The van der Waals surface area contributed by atoms with Crippen molar-refractivity contribution in [3.8, 4) is 5.75 Å². The maximum Gasteiger partial charge on any atom is 0.196 e. The Labute approximate surface area is 130 Å². The van der Waals surface area contributed by atoms with Crippen molar-refractivity contribution in [1.82, 2.24) is 0 Å². The number of fused-ring (bicyclic) bond motifs is 1. The van der Waals surface area contributed by atoms with Crippen LogP contribution in [0.2, 0.25) is 5.02 Å². The van der Waals surface area contributed by atoms with Crippen molar-refractivity contribution in [2.45, 2.75) is 0 Å². The normalized spacial score (nSPS) is 10.6. The summed E-state index contributed by atoms with van der Waals surface area (Å²) < 4.78 is 10.4. The number of nitrogens with zero attached hydrogens (tertiary/aromatic N) is 1. The SMILES string of the molecule is COc1ccc(C(=O)c2coc3c(Cl)cc(N=O)cc23)cc1. The lowest BCUT2D eigenvalue weighted by atomic mass is 10.0. The minimum Gasteiger partial charge on any atom is -0.497 e. The van der Waals surface area contributed by atoms with E-state index >= 15 is 0 Å². The van der Waals surface area contributed by atoms with Gasteiger partial charge in [-0.25, -0.2) is 0 Å². The van der Waals surface area contributed by atoms with Crippen LogP contribution in [-0.2, 0) is 0 Å². The molecule has 3 rings (SSSR count). The Kier molecular flexibility index (Phi) is 3.65. The van der Waals surface area contributed by atoms with E-state index < -0.39 is 0 Å². The summed E-state index contributed by atoms with van der Waals surface area (Å²) >= 11 is 6.02. The summed E-state index contributed by atoms with van der Waals surface area (Å²) in [4.78, 5) is 23.3. The van der Waals surface area contributed by atoms with Crippen LogP contribution in [0.5, 0.6) is 5.75 Å². The van der Waals surface area contributed by atoms with Crippen molar-refractivity contribution in [3.05, 3.63) is 63.7 Å². The zero-order chi connectivity index (χ0) is 15.7. The van der Waals surface area contributed by atoms with Gasteiger partial charge in [-0.05, 0) is 41.6 Å². The van der Waals surface area contributed by atoms with Crippen LogP contribution < -0.4 is 4.74 Å². The molecule has 0 radical (unpaired) electrons. The second-order valence-corrected chi connectivity index (χ2v) is 5.01. The molecule has 1 heterocycles. The van der Waals surface area contributed by atoms with E-state index in [1.165, 1.54) is 18.4 Å². The van der Waals surface area contributed by atoms with Gasteiger partial charge < -0.3 is 9.15 Å². The summed E-state index contributed by atoms with van der Waals surface area (Å²) in [5.74, 6) is 0.421. The highest BCUT2D eigenvalue weighted by molar-refractivity contribution is 6.36. The van der Waals surface area contributed by atoms with E-state index in [9.17, 15) is 9.70 Å². The number of furan rings is 1. The molecule has 110 valence electrons.